The van der Waals surface area contributed by atoms with E-state index in [4.69, 9.17) is 0 Å². The van der Waals surface area contributed by atoms with E-state index in [-0.39, 0.29) is 17.3 Å². The summed E-state index contributed by atoms with van der Waals surface area (Å²) in [6, 6.07) is 0.133. The summed E-state index contributed by atoms with van der Waals surface area (Å²) in [4.78, 5) is 10.1. The number of rotatable bonds is 3. The van der Waals surface area contributed by atoms with Crippen molar-refractivity contribution >= 4 is 16.0 Å². The van der Waals surface area contributed by atoms with Crippen molar-refractivity contribution in [2.45, 2.75) is 43.0 Å². The van der Waals surface area contributed by atoms with Crippen LogP contribution in [0.5, 0.6) is 0 Å². The molecule has 2 atom stereocenters. The predicted molar refractivity (Wildman–Crippen MR) is 74.8 cm³/mol. The molecule has 1 saturated carbocycles. The van der Waals surface area contributed by atoms with Gasteiger partial charge >= 0.3 is 0 Å². The molecule has 1 aromatic rings. The predicted octanol–water partition coefficient (Wildman–Crippen LogP) is 0.761. The Morgan fingerprint density at radius 1 is 1.05 bits per heavy atom. The van der Waals surface area contributed by atoms with Crippen LogP contribution >= 0.6 is 0 Å². The van der Waals surface area contributed by atoms with Crippen LogP contribution in [0.4, 0.5) is 10.3 Å². The number of hydrogen-bond acceptors (Lipinski definition) is 5. The summed E-state index contributed by atoms with van der Waals surface area (Å²) in [5, 5.41) is -0.160. The monoisotopic (exact) mass is 312 g/mol. The maximum atomic E-state index is 12.9. The Balaban J connectivity index is 1.57. The van der Waals surface area contributed by atoms with Gasteiger partial charge in [-0.2, -0.15) is 4.31 Å². The molecule has 114 valence electrons. The van der Waals surface area contributed by atoms with Crippen molar-refractivity contribution in [3.63, 3.8) is 0 Å². The molecule has 0 aromatic carbocycles. The molecule has 6 nitrogen and oxygen atoms in total. The van der Waals surface area contributed by atoms with Crippen LogP contribution < -0.4 is 4.90 Å². The van der Waals surface area contributed by atoms with Gasteiger partial charge in [0.05, 0.1) is 17.6 Å². The molecule has 3 fully saturated rings. The van der Waals surface area contributed by atoms with E-state index >= 15 is 0 Å². The fourth-order valence-corrected chi connectivity index (χ4v) is 5.62. The maximum Gasteiger partial charge on any atom is 0.225 e. The number of fused-ring (bicyclic) bond motifs is 1. The van der Waals surface area contributed by atoms with Gasteiger partial charge in [-0.1, -0.05) is 0 Å². The summed E-state index contributed by atoms with van der Waals surface area (Å²) in [6.07, 6.45) is 5.48. The third kappa shape index (κ3) is 2.12. The number of sulfonamides is 1. The normalized spacial score (nSPS) is 29.9. The molecule has 1 aromatic heterocycles. The van der Waals surface area contributed by atoms with Crippen molar-refractivity contribution in [2.75, 3.05) is 18.0 Å². The van der Waals surface area contributed by atoms with Crippen LogP contribution in [0.3, 0.4) is 0 Å². The van der Waals surface area contributed by atoms with Gasteiger partial charge in [0.25, 0.3) is 0 Å². The van der Waals surface area contributed by atoms with Crippen molar-refractivity contribution in [3.8, 4) is 0 Å². The Morgan fingerprint density at radius 3 is 2.38 bits per heavy atom. The van der Waals surface area contributed by atoms with E-state index in [2.05, 4.69) is 9.97 Å². The zero-order chi connectivity index (χ0) is 14.6. The lowest BCUT2D eigenvalue weighted by molar-refractivity contribution is 0.387. The number of aromatic nitrogens is 2. The van der Waals surface area contributed by atoms with E-state index in [0.717, 1.165) is 44.6 Å². The molecule has 0 N–H and O–H groups in total. The molecular formula is C13H17FN4O2S. The molecule has 2 aliphatic heterocycles. The van der Waals surface area contributed by atoms with E-state index in [1.54, 1.807) is 4.31 Å². The van der Waals surface area contributed by atoms with E-state index in [1.165, 1.54) is 0 Å². The highest BCUT2D eigenvalue weighted by molar-refractivity contribution is 7.90. The molecule has 2 saturated heterocycles. The summed E-state index contributed by atoms with van der Waals surface area (Å²) in [7, 11) is -3.13. The largest absolute Gasteiger partial charge is 0.336 e. The van der Waals surface area contributed by atoms with E-state index in [9.17, 15) is 12.8 Å². The molecule has 1 aliphatic carbocycles. The van der Waals surface area contributed by atoms with Crippen LogP contribution in [-0.2, 0) is 10.0 Å². The molecule has 0 amide bonds. The van der Waals surface area contributed by atoms with Crippen LogP contribution in [0, 0.1) is 5.82 Å². The SMILES string of the molecule is O=S(=O)(C1CC1)N1CC[C@@H]2[C@H]1CCN2c1ncc(F)cn1. The molecule has 21 heavy (non-hydrogen) atoms. The summed E-state index contributed by atoms with van der Waals surface area (Å²) < 4.78 is 39.5. The van der Waals surface area contributed by atoms with Gasteiger partial charge in [-0.05, 0) is 25.7 Å². The van der Waals surface area contributed by atoms with Crippen molar-refractivity contribution in [1.82, 2.24) is 14.3 Å². The Labute approximate surface area is 123 Å². The second-order valence-electron chi connectivity index (χ2n) is 5.96. The van der Waals surface area contributed by atoms with Crippen LogP contribution in [0.25, 0.3) is 0 Å². The summed E-state index contributed by atoms with van der Waals surface area (Å²) >= 11 is 0. The zero-order valence-corrected chi connectivity index (χ0v) is 12.3. The minimum absolute atomic E-state index is 0.0178. The van der Waals surface area contributed by atoms with Crippen molar-refractivity contribution in [1.29, 1.82) is 0 Å². The zero-order valence-electron chi connectivity index (χ0n) is 11.5. The van der Waals surface area contributed by atoms with Crippen molar-refractivity contribution < 1.29 is 12.8 Å². The van der Waals surface area contributed by atoms with Gasteiger partial charge in [-0.15, -0.1) is 0 Å². The Hall–Kier alpha value is -1.28. The molecule has 3 heterocycles. The first kappa shape index (κ1) is 13.4. The van der Waals surface area contributed by atoms with Crippen molar-refractivity contribution in [2.24, 2.45) is 0 Å². The van der Waals surface area contributed by atoms with Gasteiger partial charge < -0.3 is 4.90 Å². The van der Waals surface area contributed by atoms with Crippen LogP contribution in [-0.4, -0.2) is 53.1 Å². The molecule has 8 heteroatoms. The smallest absolute Gasteiger partial charge is 0.225 e. The lowest BCUT2D eigenvalue weighted by Gasteiger charge is -2.25. The molecule has 3 aliphatic rings. The highest BCUT2D eigenvalue weighted by Gasteiger charge is 2.51. The van der Waals surface area contributed by atoms with Gasteiger partial charge in [-0.25, -0.2) is 22.8 Å². The fourth-order valence-electron chi connectivity index (χ4n) is 3.52. The summed E-state index contributed by atoms with van der Waals surface area (Å²) in [5.41, 5.74) is 0. The number of anilines is 1. The molecular weight excluding hydrogens is 295 g/mol. The van der Waals surface area contributed by atoms with Crippen LogP contribution in [0.1, 0.15) is 25.7 Å². The molecule has 0 bridgehead atoms. The van der Waals surface area contributed by atoms with Gasteiger partial charge in [-0.3, -0.25) is 0 Å². The third-order valence-electron chi connectivity index (χ3n) is 4.66. The maximum absolute atomic E-state index is 12.9. The van der Waals surface area contributed by atoms with E-state index in [1.807, 2.05) is 4.90 Å². The molecule has 0 unspecified atom stereocenters. The second-order valence-corrected chi connectivity index (χ2v) is 8.13. The average molecular weight is 312 g/mol. The van der Waals surface area contributed by atoms with Gasteiger partial charge in [0.15, 0.2) is 5.82 Å². The fraction of sp³-hybridized carbons (Fsp3) is 0.692. The lowest BCUT2D eigenvalue weighted by Crippen LogP contribution is -2.41. The number of hydrogen-bond donors (Lipinski definition) is 0. The summed E-state index contributed by atoms with van der Waals surface area (Å²) in [6.45, 7) is 1.30. The molecule has 0 radical (unpaired) electrons. The highest BCUT2D eigenvalue weighted by Crippen LogP contribution is 2.40. The molecule has 4 rings (SSSR count). The number of halogens is 1. The van der Waals surface area contributed by atoms with E-state index in [0.29, 0.717) is 12.5 Å². The Bertz CT molecular complexity index is 647. The average Bonchev–Trinajstić information content (AvgIpc) is 3.11. The minimum Gasteiger partial charge on any atom is -0.336 e. The van der Waals surface area contributed by atoms with Crippen LogP contribution in [0.15, 0.2) is 12.4 Å². The van der Waals surface area contributed by atoms with Gasteiger partial charge in [0, 0.05) is 25.2 Å². The third-order valence-corrected chi connectivity index (χ3v) is 7.08. The first-order valence-electron chi connectivity index (χ1n) is 7.32. The Kier molecular flexibility index (Phi) is 2.94. The topological polar surface area (TPSA) is 66.4 Å². The lowest BCUT2D eigenvalue weighted by atomic mass is 10.1. The molecule has 0 spiro atoms. The first-order chi connectivity index (χ1) is 10.1. The standard InChI is InChI=1S/C13H17FN4O2S/c14-9-7-15-13(16-8-9)17-5-3-12-11(17)4-6-18(12)21(19,20)10-1-2-10/h7-8,10-12H,1-6H2/t11-,12-/m1/s1. The minimum atomic E-state index is -3.13. The quantitative estimate of drug-likeness (QED) is 0.824. The number of nitrogens with zero attached hydrogens (tertiary/aromatic N) is 4. The van der Waals surface area contributed by atoms with Crippen molar-refractivity contribution in [3.05, 3.63) is 18.2 Å². The van der Waals surface area contributed by atoms with Gasteiger partial charge in [0.1, 0.15) is 0 Å². The van der Waals surface area contributed by atoms with Crippen LogP contribution in [0.2, 0.25) is 0 Å². The highest BCUT2D eigenvalue weighted by atomic mass is 32.2. The van der Waals surface area contributed by atoms with E-state index < -0.39 is 15.8 Å². The summed E-state index contributed by atoms with van der Waals surface area (Å²) in [5.74, 6) is 0.0356. The Morgan fingerprint density at radius 2 is 1.71 bits per heavy atom. The first-order valence-corrected chi connectivity index (χ1v) is 8.82. The second kappa shape index (κ2) is 4.61. The van der Waals surface area contributed by atoms with Gasteiger partial charge in [0.2, 0.25) is 16.0 Å².